The Kier molecular flexibility index (Phi) is 3.85. The molecule has 0 fully saturated rings. The quantitative estimate of drug-likeness (QED) is 0.866. The summed E-state index contributed by atoms with van der Waals surface area (Å²) < 4.78 is 1.62. The molecule has 19 heavy (non-hydrogen) atoms. The summed E-state index contributed by atoms with van der Waals surface area (Å²) in [7, 11) is 0. The van der Waals surface area contributed by atoms with E-state index in [-0.39, 0.29) is 11.4 Å². The van der Waals surface area contributed by atoms with E-state index in [1.807, 2.05) is 0 Å². The van der Waals surface area contributed by atoms with Gasteiger partial charge in [-0.2, -0.15) is 5.10 Å². The first-order chi connectivity index (χ1) is 9.11. The highest BCUT2D eigenvalue weighted by atomic mass is 16.4. The summed E-state index contributed by atoms with van der Waals surface area (Å²) in [6.07, 6.45) is 2.78. The summed E-state index contributed by atoms with van der Waals surface area (Å²) in [5, 5.41) is 22.4. The van der Waals surface area contributed by atoms with E-state index >= 15 is 0 Å². The van der Waals surface area contributed by atoms with Crippen LogP contribution in [0, 0.1) is 0 Å². The van der Waals surface area contributed by atoms with Crippen molar-refractivity contribution in [1.82, 2.24) is 9.78 Å². The van der Waals surface area contributed by atoms with Crippen LogP contribution in [0.3, 0.4) is 0 Å². The molecule has 0 aliphatic carbocycles. The molecule has 0 unspecified atom stereocenters. The minimum Gasteiger partial charge on any atom is -0.508 e. The summed E-state index contributed by atoms with van der Waals surface area (Å²) >= 11 is 0. The Labute approximate surface area is 111 Å². The van der Waals surface area contributed by atoms with Gasteiger partial charge < -0.3 is 10.2 Å². The first-order valence-electron chi connectivity index (χ1n) is 6.23. The SMILES string of the molecule is CCCCc1cc(C(=O)O)nn1-c1ccc(O)cc1. The van der Waals surface area contributed by atoms with Gasteiger partial charge in [0, 0.05) is 5.69 Å². The zero-order valence-corrected chi connectivity index (χ0v) is 10.7. The van der Waals surface area contributed by atoms with Crippen molar-refractivity contribution >= 4 is 5.97 Å². The highest BCUT2D eigenvalue weighted by Gasteiger charge is 2.14. The summed E-state index contributed by atoms with van der Waals surface area (Å²) in [6, 6.07) is 8.14. The van der Waals surface area contributed by atoms with Crippen molar-refractivity contribution in [2.75, 3.05) is 0 Å². The van der Waals surface area contributed by atoms with Gasteiger partial charge in [0.1, 0.15) is 5.75 Å². The number of phenols is 1. The fourth-order valence-electron chi connectivity index (χ4n) is 1.88. The molecule has 0 radical (unpaired) electrons. The Morgan fingerprint density at radius 2 is 2.00 bits per heavy atom. The van der Waals surface area contributed by atoms with Crippen molar-refractivity contribution in [3.05, 3.63) is 41.7 Å². The van der Waals surface area contributed by atoms with Gasteiger partial charge in [0.15, 0.2) is 5.69 Å². The van der Waals surface area contributed by atoms with Crippen LogP contribution in [0.4, 0.5) is 0 Å². The molecule has 0 saturated heterocycles. The van der Waals surface area contributed by atoms with Gasteiger partial charge in [0.25, 0.3) is 0 Å². The number of aromatic carboxylic acids is 1. The third kappa shape index (κ3) is 2.93. The zero-order chi connectivity index (χ0) is 13.8. The second-order valence-corrected chi connectivity index (χ2v) is 4.36. The average molecular weight is 260 g/mol. The number of aromatic nitrogens is 2. The summed E-state index contributed by atoms with van der Waals surface area (Å²) in [6.45, 7) is 2.08. The lowest BCUT2D eigenvalue weighted by molar-refractivity contribution is 0.0690. The van der Waals surface area contributed by atoms with Gasteiger partial charge in [-0.1, -0.05) is 13.3 Å². The van der Waals surface area contributed by atoms with Crippen LogP contribution in [0.25, 0.3) is 5.69 Å². The lowest BCUT2D eigenvalue weighted by Crippen LogP contribution is -2.03. The number of carbonyl (C=O) groups is 1. The van der Waals surface area contributed by atoms with Gasteiger partial charge in [-0.15, -0.1) is 0 Å². The third-order valence-electron chi connectivity index (χ3n) is 2.88. The van der Waals surface area contributed by atoms with Crippen LogP contribution in [0.1, 0.15) is 35.9 Å². The largest absolute Gasteiger partial charge is 0.508 e. The Morgan fingerprint density at radius 3 is 2.58 bits per heavy atom. The number of phenolic OH excluding ortho intramolecular Hbond substituents is 1. The van der Waals surface area contributed by atoms with Crippen LogP contribution in [-0.4, -0.2) is 26.0 Å². The highest BCUT2D eigenvalue weighted by Crippen LogP contribution is 2.18. The van der Waals surface area contributed by atoms with Crippen LogP contribution in [-0.2, 0) is 6.42 Å². The van der Waals surface area contributed by atoms with E-state index in [0.717, 1.165) is 30.6 Å². The highest BCUT2D eigenvalue weighted by molar-refractivity contribution is 5.85. The van der Waals surface area contributed by atoms with Crippen molar-refractivity contribution < 1.29 is 15.0 Å². The van der Waals surface area contributed by atoms with E-state index in [0.29, 0.717) is 0 Å². The van der Waals surface area contributed by atoms with E-state index < -0.39 is 5.97 Å². The molecule has 2 N–H and O–H groups in total. The van der Waals surface area contributed by atoms with E-state index in [9.17, 15) is 9.90 Å². The topological polar surface area (TPSA) is 75.3 Å². The Balaban J connectivity index is 2.41. The molecule has 1 aromatic heterocycles. The van der Waals surface area contributed by atoms with Gasteiger partial charge in [-0.25, -0.2) is 9.48 Å². The predicted octanol–water partition coefficient (Wildman–Crippen LogP) is 2.62. The fourth-order valence-corrected chi connectivity index (χ4v) is 1.88. The maximum Gasteiger partial charge on any atom is 0.356 e. The Bertz CT molecular complexity index is 573. The van der Waals surface area contributed by atoms with Crippen molar-refractivity contribution in [1.29, 1.82) is 0 Å². The van der Waals surface area contributed by atoms with Crippen LogP contribution in [0.15, 0.2) is 30.3 Å². The molecular formula is C14H16N2O3. The lowest BCUT2D eigenvalue weighted by Gasteiger charge is -2.06. The smallest absolute Gasteiger partial charge is 0.356 e. The molecule has 1 aromatic carbocycles. The second kappa shape index (κ2) is 5.56. The zero-order valence-electron chi connectivity index (χ0n) is 10.7. The predicted molar refractivity (Wildman–Crippen MR) is 70.8 cm³/mol. The first-order valence-corrected chi connectivity index (χ1v) is 6.23. The number of rotatable bonds is 5. The first kappa shape index (κ1) is 13.1. The summed E-state index contributed by atoms with van der Waals surface area (Å²) in [5.41, 5.74) is 1.65. The molecule has 0 bridgehead atoms. The molecular weight excluding hydrogens is 244 g/mol. The molecule has 2 aromatic rings. The number of benzene rings is 1. The van der Waals surface area contributed by atoms with Gasteiger partial charge in [0.05, 0.1) is 5.69 Å². The third-order valence-corrected chi connectivity index (χ3v) is 2.88. The minimum atomic E-state index is -1.03. The monoisotopic (exact) mass is 260 g/mol. The molecule has 0 saturated carbocycles. The van der Waals surface area contributed by atoms with Gasteiger partial charge >= 0.3 is 5.97 Å². The van der Waals surface area contributed by atoms with Gasteiger partial charge in [-0.3, -0.25) is 0 Å². The molecule has 0 aliphatic heterocycles. The number of carboxylic acids is 1. The Hall–Kier alpha value is -2.30. The molecule has 0 atom stereocenters. The molecule has 1 heterocycles. The molecule has 0 amide bonds. The number of aryl methyl sites for hydroxylation is 1. The number of unbranched alkanes of at least 4 members (excludes halogenated alkanes) is 1. The van der Waals surface area contributed by atoms with Crippen LogP contribution < -0.4 is 0 Å². The molecule has 2 rings (SSSR count). The molecule has 100 valence electrons. The molecule has 0 aliphatic rings. The number of nitrogens with zero attached hydrogens (tertiary/aromatic N) is 2. The molecule has 0 spiro atoms. The Morgan fingerprint density at radius 1 is 1.32 bits per heavy atom. The minimum absolute atomic E-state index is 0.0409. The number of aromatic hydroxyl groups is 1. The van der Waals surface area contributed by atoms with Crippen LogP contribution in [0.5, 0.6) is 5.75 Å². The van der Waals surface area contributed by atoms with Crippen LogP contribution >= 0.6 is 0 Å². The van der Waals surface area contributed by atoms with Gasteiger partial charge in [0.2, 0.25) is 0 Å². The molecule has 5 heteroatoms. The van der Waals surface area contributed by atoms with Crippen molar-refractivity contribution in [2.45, 2.75) is 26.2 Å². The molecule has 5 nitrogen and oxygen atoms in total. The van der Waals surface area contributed by atoms with Crippen molar-refractivity contribution in [3.63, 3.8) is 0 Å². The van der Waals surface area contributed by atoms with E-state index in [1.165, 1.54) is 0 Å². The van der Waals surface area contributed by atoms with Crippen LogP contribution in [0.2, 0.25) is 0 Å². The van der Waals surface area contributed by atoms with Crippen molar-refractivity contribution in [2.24, 2.45) is 0 Å². The fraction of sp³-hybridized carbons (Fsp3) is 0.286. The number of hydrogen-bond donors (Lipinski definition) is 2. The normalized spacial score (nSPS) is 10.6. The van der Waals surface area contributed by atoms with Gasteiger partial charge in [-0.05, 0) is 43.2 Å². The maximum atomic E-state index is 11.0. The number of hydrogen-bond acceptors (Lipinski definition) is 3. The standard InChI is InChI=1S/C14H16N2O3/c1-2-3-4-11-9-13(14(18)19)15-16(11)10-5-7-12(17)8-6-10/h5-9,17H,2-4H2,1H3,(H,18,19). The summed E-state index contributed by atoms with van der Waals surface area (Å²) in [5.74, 6) is -0.861. The second-order valence-electron chi connectivity index (χ2n) is 4.36. The van der Waals surface area contributed by atoms with E-state index in [1.54, 1.807) is 35.0 Å². The maximum absolute atomic E-state index is 11.0. The van der Waals surface area contributed by atoms with Crippen molar-refractivity contribution in [3.8, 4) is 11.4 Å². The summed E-state index contributed by atoms with van der Waals surface area (Å²) in [4.78, 5) is 11.0. The van der Waals surface area contributed by atoms with E-state index in [4.69, 9.17) is 5.11 Å². The lowest BCUT2D eigenvalue weighted by atomic mass is 10.2. The number of carboxylic acid groups (broad SMARTS) is 1. The van der Waals surface area contributed by atoms with E-state index in [2.05, 4.69) is 12.0 Å². The average Bonchev–Trinajstić information content (AvgIpc) is 2.81.